The molecule has 0 saturated heterocycles. The van der Waals surface area contributed by atoms with E-state index in [-0.39, 0.29) is 5.82 Å². The third kappa shape index (κ3) is 4.40. The second-order valence-electron chi connectivity index (χ2n) is 4.46. The molecule has 0 atom stereocenters. The minimum atomic E-state index is -0.253. The Morgan fingerprint density at radius 2 is 2.25 bits per heavy atom. The third-order valence-corrected chi connectivity index (χ3v) is 3.44. The predicted molar refractivity (Wildman–Crippen MR) is 79.0 cm³/mol. The van der Waals surface area contributed by atoms with Gasteiger partial charge in [-0.2, -0.15) is 5.10 Å². The zero-order chi connectivity index (χ0) is 14.4. The first-order valence-corrected chi connectivity index (χ1v) is 7.13. The summed E-state index contributed by atoms with van der Waals surface area (Å²) in [4.78, 5) is 0. The number of nitrogens with one attached hydrogen (secondary N) is 1. The first-order chi connectivity index (χ1) is 9.69. The van der Waals surface area contributed by atoms with Gasteiger partial charge in [0.05, 0.1) is 23.8 Å². The molecular formula is C14H17BrFN3O. The van der Waals surface area contributed by atoms with Crippen LogP contribution in [-0.2, 0) is 17.8 Å². The number of hydrogen-bond acceptors (Lipinski definition) is 3. The molecule has 108 valence electrons. The maximum absolute atomic E-state index is 13.2. The van der Waals surface area contributed by atoms with E-state index in [1.807, 2.05) is 17.1 Å². The van der Waals surface area contributed by atoms with Crippen LogP contribution in [0.4, 0.5) is 4.39 Å². The van der Waals surface area contributed by atoms with Crippen LogP contribution in [0.5, 0.6) is 0 Å². The van der Waals surface area contributed by atoms with E-state index in [1.165, 1.54) is 6.07 Å². The van der Waals surface area contributed by atoms with Crippen molar-refractivity contribution in [1.82, 2.24) is 15.1 Å². The van der Waals surface area contributed by atoms with E-state index in [1.54, 1.807) is 19.2 Å². The number of nitrogens with zero attached hydrogens (tertiary/aromatic N) is 2. The van der Waals surface area contributed by atoms with Crippen LogP contribution in [0.1, 0.15) is 11.1 Å². The molecule has 6 heteroatoms. The van der Waals surface area contributed by atoms with Crippen LogP contribution >= 0.6 is 15.9 Å². The number of hydrogen-bond donors (Lipinski definition) is 1. The minimum absolute atomic E-state index is 0.253. The quantitative estimate of drug-likeness (QED) is 0.786. The largest absolute Gasteiger partial charge is 0.383 e. The highest BCUT2D eigenvalue weighted by atomic mass is 79.9. The van der Waals surface area contributed by atoms with Gasteiger partial charge in [-0.25, -0.2) is 4.39 Å². The van der Waals surface area contributed by atoms with Gasteiger partial charge in [0, 0.05) is 32.0 Å². The third-order valence-electron chi connectivity index (χ3n) is 2.83. The molecule has 0 bridgehead atoms. The lowest BCUT2D eigenvalue weighted by atomic mass is 10.2. The number of benzene rings is 1. The van der Waals surface area contributed by atoms with Crippen molar-refractivity contribution >= 4 is 15.9 Å². The molecule has 0 spiro atoms. The standard InChI is InChI=1S/C14H17BrFN3O/c1-20-5-4-17-7-12-8-18-19(10-12)9-11-2-3-14(16)13(15)6-11/h2-3,6,8,10,17H,4-5,7,9H2,1H3. The van der Waals surface area contributed by atoms with Crippen molar-refractivity contribution in [2.45, 2.75) is 13.1 Å². The Balaban J connectivity index is 1.90. The SMILES string of the molecule is COCCNCc1cnn(Cc2ccc(F)c(Br)c2)c1. The Labute approximate surface area is 126 Å². The van der Waals surface area contributed by atoms with Gasteiger partial charge in [0.25, 0.3) is 0 Å². The molecule has 0 amide bonds. The molecule has 1 aromatic heterocycles. The van der Waals surface area contributed by atoms with Gasteiger partial charge in [-0.15, -0.1) is 0 Å². The average Bonchev–Trinajstić information content (AvgIpc) is 2.87. The Morgan fingerprint density at radius 1 is 1.40 bits per heavy atom. The fourth-order valence-corrected chi connectivity index (χ4v) is 2.24. The summed E-state index contributed by atoms with van der Waals surface area (Å²) in [5, 5.41) is 7.56. The topological polar surface area (TPSA) is 39.1 Å². The van der Waals surface area contributed by atoms with Crippen molar-refractivity contribution in [2.24, 2.45) is 0 Å². The maximum Gasteiger partial charge on any atom is 0.137 e. The fraction of sp³-hybridized carbons (Fsp3) is 0.357. The molecule has 1 N–H and O–H groups in total. The van der Waals surface area contributed by atoms with E-state index in [4.69, 9.17) is 4.74 Å². The normalized spacial score (nSPS) is 10.9. The van der Waals surface area contributed by atoms with E-state index in [0.29, 0.717) is 17.6 Å². The van der Waals surface area contributed by atoms with Crippen molar-refractivity contribution in [3.05, 3.63) is 52.0 Å². The number of methoxy groups -OCH3 is 1. The van der Waals surface area contributed by atoms with Gasteiger partial charge >= 0.3 is 0 Å². The van der Waals surface area contributed by atoms with Crippen LogP contribution in [0, 0.1) is 5.82 Å². The van der Waals surface area contributed by atoms with E-state index in [2.05, 4.69) is 26.3 Å². The summed E-state index contributed by atoms with van der Waals surface area (Å²) in [6, 6.07) is 4.99. The lowest BCUT2D eigenvalue weighted by Gasteiger charge is -2.03. The van der Waals surface area contributed by atoms with Gasteiger partial charge < -0.3 is 10.1 Å². The Morgan fingerprint density at radius 3 is 3.00 bits per heavy atom. The van der Waals surface area contributed by atoms with Crippen LogP contribution in [0.25, 0.3) is 0 Å². The fourth-order valence-electron chi connectivity index (χ4n) is 1.82. The zero-order valence-corrected chi connectivity index (χ0v) is 12.9. The maximum atomic E-state index is 13.2. The second-order valence-corrected chi connectivity index (χ2v) is 5.32. The molecule has 4 nitrogen and oxygen atoms in total. The van der Waals surface area contributed by atoms with E-state index in [9.17, 15) is 4.39 Å². The molecule has 0 radical (unpaired) electrons. The molecule has 0 aliphatic carbocycles. The second kappa shape index (κ2) is 7.52. The molecule has 0 fully saturated rings. The summed E-state index contributed by atoms with van der Waals surface area (Å²) in [7, 11) is 1.68. The number of rotatable bonds is 7. The van der Waals surface area contributed by atoms with Crippen LogP contribution < -0.4 is 5.32 Å². The highest BCUT2D eigenvalue weighted by Gasteiger charge is 2.03. The van der Waals surface area contributed by atoms with Crippen molar-refractivity contribution in [2.75, 3.05) is 20.3 Å². The Bertz CT molecular complexity index is 559. The molecule has 0 saturated carbocycles. The van der Waals surface area contributed by atoms with Gasteiger partial charge in [-0.1, -0.05) is 6.07 Å². The summed E-state index contributed by atoms with van der Waals surface area (Å²) < 4.78 is 20.4. The van der Waals surface area contributed by atoms with Crippen molar-refractivity contribution in [1.29, 1.82) is 0 Å². The molecule has 1 aromatic carbocycles. The Kier molecular flexibility index (Phi) is 5.70. The van der Waals surface area contributed by atoms with Crippen LogP contribution in [0.3, 0.4) is 0 Å². The van der Waals surface area contributed by atoms with Gasteiger partial charge in [0.2, 0.25) is 0 Å². The molecule has 1 heterocycles. The molecule has 0 unspecified atom stereocenters. The minimum Gasteiger partial charge on any atom is -0.383 e. The van der Waals surface area contributed by atoms with Crippen LogP contribution in [-0.4, -0.2) is 30.0 Å². The Hall–Kier alpha value is -1.24. The van der Waals surface area contributed by atoms with E-state index < -0.39 is 0 Å². The van der Waals surface area contributed by atoms with E-state index >= 15 is 0 Å². The lowest BCUT2D eigenvalue weighted by Crippen LogP contribution is -2.18. The van der Waals surface area contributed by atoms with Crippen LogP contribution in [0.2, 0.25) is 0 Å². The van der Waals surface area contributed by atoms with Crippen molar-refractivity contribution in [3.8, 4) is 0 Å². The molecule has 2 rings (SSSR count). The molecule has 0 aliphatic rings. The summed E-state index contributed by atoms with van der Waals surface area (Å²) in [6.07, 6.45) is 3.81. The summed E-state index contributed by atoms with van der Waals surface area (Å²) >= 11 is 3.19. The summed E-state index contributed by atoms with van der Waals surface area (Å²) in [6.45, 7) is 2.89. The average molecular weight is 342 g/mol. The number of halogens is 2. The zero-order valence-electron chi connectivity index (χ0n) is 11.3. The predicted octanol–water partition coefficient (Wildman–Crippen LogP) is 2.57. The monoisotopic (exact) mass is 341 g/mol. The highest BCUT2D eigenvalue weighted by Crippen LogP contribution is 2.17. The molecule has 0 aliphatic heterocycles. The summed E-state index contributed by atoms with van der Waals surface area (Å²) in [5.41, 5.74) is 2.11. The smallest absolute Gasteiger partial charge is 0.137 e. The van der Waals surface area contributed by atoms with Gasteiger partial charge in [0.15, 0.2) is 0 Å². The van der Waals surface area contributed by atoms with Crippen LogP contribution in [0.15, 0.2) is 35.1 Å². The van der Waals surface area contributed by atoms with Gasteiger partial charge in [-0.3, -0.25) is 4.68 Å². The first-order valence-electron chi connectivity index (χ1n) is 6.34. The molecular weight excluding hydrogens is 325 g/mol. The molecule has 2 aromatic rings. The lowest BCUT2D eigenvalue weighted by molar-refractivity contribution is 0.199. The summed E-state index contributed by atoms with van der Waals surface area (Å²) in [5.74, 6) is -0.253. The van der Waals surface area contributed by atoms with E-state index in [0.717, 1.165) is 24.2 Å². The first kappa shape index (κ1) is 15.2. The van der Waals surface area contributed by atoms with Crippen molar-refractivity contribution in [3.63, 3.8) is 0 Å². The number of ether oxygens (including phenoxy) is 1. The highest BCUT2D eigenvalue weighted by molar-refractivity contribution is 9.10. The number of aromatic nitrogens is 2. The molecule has 20 heavy (non-hydrogen) atoms. The van der Waals surface area contributed by atoms with Gasteiger partial charge in [0.1, 0.15) is 5.82 Å². The van der Waals surface area contributed by atoms with Crippen molar-refractivity contribution < 1.29 is 9.13 Å². The van der Waals surface area contributed by atoms with Gasteiger partial charge in [-0.05, 0) is 33.6 Å².